The highest BCUT2D eigenvalue weighted by atomic mass is 35.5. The zero-order chi connectivity index (χ0) is 14.7. The number of aryl methyl sites for hydroxylation is 1. The van der Waals surface area contributed by atoms with E-state index in [9.17, 15) is 0 Å². The first-order valence-electron chi connectivity index (χ1n) is 6.64. The maximum absolute atomic E-state index is 6.05. The predicted octanol–water partition coefficient (Wildman–Crippen LogP) is 3.62. The summed E-state index contributed by atoms with van der Waals surface area (Å²) in [6, 6.07) is 5.71. The summed E-state index contributed by atoms with van der Waals surface area (Å²) in [6.45, 7) is 5.84. The van der Waals surface area contributed by atoms with Crippen molar-refractivity contribution < 1.29 is 0 Å². The third-order valence-corrected chi connectivity index (χ3v) is 4.21. The molecule has 0 radical (unpaired) electrons. The van der Waals surface area contributed by atoms with Crippen LogP contribution in [0.25, 0.3) is 0 Å². The van der Waals surface area contributed by atoms with E-state index in [1.165, 1.54) is 11.3 Å². The van der Waals surface area contributed by atoms with E-state index in [-0.39, 0.29) is 0 Å². The van der Waals surface area contributed by atoms with Crippen molar-refractivity contribution in [2.45, 2.75) is 26.8 Å². The molecule has 1 N–H and O–H groups in total. The van der Waals surface area contributed by atoms with E-state index in [4.69, 9.17) is 23.2 Å². The van der Waals surface area contributed by atoms with Gasteiger partial charge in [0.25, 0.3) is 0 Å². The Bertz CT molecular complexity index is 605. The Labute approximate surface area is 129 Å². The van der Waals surface area contributed by atoms with Crippen LogP contribution in [0.15, 0.2) is 18.2 Å². The molecule has 1 aromatic carbocycles. The number of likely N-dealkylation sites (N-methyl/N-ethyl adjacent to an activating group) is 1. The average molecular weight is 312 g/mol. The minimum atomic E-state index is 0.582. The van der Waals surface area contributed by atoms with E-state index in [0.29, 0.717) is 16.6 Å². The number of nitrogens with zero attached hydrogens (tertiary/aromatic N) is 2. The summed E-state index contributed by atoms with van der Waals surface area (Å²) in [6.07, 6.45) is 0.996. The SMILES string of the molecule is CNCCc1c(C)nn(Cc2ccc(Cl)c(Cl)c2)c1C. The lowest BCUT2D eigenvalue weighted by Crippen LogP contribution is -2.11. The second-order valence-electron chi connectivity index (χ2n) is 4.91. The second-order valence-corrected chi connectivity index (χ2v) is 5.72. The Kier molecular flexibility index (Phi) is 5.08. The normalized spacial score (nSPS) is 11.1. The average Bonchev–Trinajstić information content (AvgIpc) is 2.67. The molecule has 0 fully saturated rings. The lowest BCUT2D eigenvalue weighted by atomic mass is 10.1. The van der Waals surface area contributed by atoms with Crippen LogP contribution in [0.4, 0.5) is 0 Å². The van der Waals surface area contributed by atoms with Crippen molar-refractivity contribution in [3.8, 4) is 0 Å². The number of benzene rings is 1. The molecule has 0 unspecified atom stereocenters. The molecule has 0 aliphatic carbocycles. The van der Waals surface area contributed by atoms with Crippen LogP contribution in [0.5, 0.6) is 0 Å². The summed E-state index contributed by atoms with van der Waals surface area (Å²) in [4.78, 5) is 0. The van der Waals surface area contributed by atoms with Gasteiger partial charge in [0, 0.05) is 5.69 Å². The fourth-order valence-corrected chi connectivity index (χ4v) is 2.63. The number of hydrogen-bond acceptors (Lipinski definition) is 2. The molecular weight excluding hydrogens is 293 g/mol. The van der Waals surface area contributed by atoms with Crippen LogP contribution in [0.3, 0.4) is 0 Å². The topological polar surface area (TPSA) is 29.9 Å². The fourth-order valence-electron chi connectivity index (χ4n) is 2.31. The van der Waals surface area contributed by atoms with Crippen LogP contribution in [-0.2, 0) is 13.0 Å². The van der Waals surface area contributed by atoms with Crippen LogP contribution in [0.1, 0.15) is 22.5 Å². The van der Waals surface area contributed by atoms with E-state index in [0.717, 1.165) is 24.2 Å². The second kappa shape index (κ2) is 6.61. The number of nitrogens with one attached hydrogen (secondary N) is 1. The number of rotatable bonds is 5. The number of hydrogen-bond donors (Lipinski definition) is 1. The maximum atomic E-state index is 6.05. The summed E-state index contributed by atoms with van der Waals surface area (Å²) >= 11 is 12.0. The molecule has 1 aromatic heterocycles. The number of aromatic nitrogens is 2. The molecule has 0 saturated heterocycles. The summed E-state index contributed by atoms with van der Waals surface area (Å²) in [5.74, 6) is 0. The lowest BCUT2D eigenvalue weighted by molar-refractivity contribution is 0.657. The van der Waals surface area contributed by atoms with Gasteiger partial charge in [-0.2, -0.15) is 5.10 Å². The van der Waals surface area contributed by atoms with Gasteiger partial charge in [-0.05, 0) is 57.1 Å². The van der Waals surface area contributed by atoms with Gasteiger partial charge in [-0.3, -0.25) is 4.68 Å². The summed E-state index contributed by atoms with van der Waals surface area (Å²) in [5.41, 5.74) is 4.73. The first-order chi connectivity index (χ1) is 9.52. The fraction of sp³-hybridized carbons (Fsp3) is 0.400. The summed E-state index contributed by atoms with van der Waals surface area (Å²) < 4.78 is 2.03. The highest BCUT2D eigenvalue weighted by molar-refractivity contribution is 6.42. The molecule has 20 heavy (non-hydrogen) atoms. The molecular formula is C15H19Cl2N3. The monoisotopic (exact) mass is 311 g/mol. The Morgan fingerprint density at radius 3 is 2.60 bits per heavy atom. The molecule has 0 aliphatic rings. The molecule has 108 valence electrons. The molecule has 0 aliphatic heterocycles. The van der Waals surface area contributed by atoms with Gasteiger partial charge in [-0.15, -0.1) is 0 Å². The van der Waals surface area contributed by atoms with Crippen molar-refractivity contribution >= 4 is 23.2 Å². The predicted molar refractivity (Wildman–Crippen MR) is 84.9 cm³/mol. The molecule has 2 rings (SSSR count). The molecule has 3 nitrogen and oxygen atoms in total. The molecule has 0 amide bonds. The van der Waals surface area contributed by atoms with E-state index in [2.05, 4.69) is 24.3 Å². The quantitative estimate of drug-likeness (QED) is 0.914. The van der Waals surface area contributed by atoms with Gasteiger partial charge < -0.3 is 5.32 Å². The standard InChI is InChI=1S/C15H19Cl2N3/c1-10-13(6-7-18-3)11(2)20(19-10)9-12-4-5-14(16)15(17)8-12/h4-5,8,18H,6-7,9H2,1-3H3. The Morgan fingerprint density at radius 1 is 1.20 bits per heavy atom. The van der Waals surface area contributed by atoms with Gasteiger partial charge in [0.05, 0.1) is 22.3 Å². The van der Waals surface area contributed by atoms with E-state index in [1.807, 2.05) is 29.9 Å². The minimum absolute atomic E-state index is 0.582. The molecule has 2 aromatic rings. The third kappa shape index (κ3) is 3.35. The largest absolute Gasteiger partial charge is 0.319 e. The van der Waals surface area contributed by atoms with Crippen LogP contribution in [0.2, 0.25) is 10.0 Å². The highest BCUT2D eigenvalue weighted by Crippen LogP contribution is 2.23. The van der Waals surface area contributed by atoms with Gasteiger partial charge in [0.15, 0.2) is 0 Å². The van der Waals surface area contributed by atoms with E-state index in [1.54, 1.807) is 0 Å². The van der Waals surface area contributed by atoms with Crippen molar-refractivity contribution in [3.63, 3.8) is 0 Å². The highest BCUT2D eigenvalue weighted by Gasteiger charge is 2.11. The lowest BCUT2D eigenvalue weighted by Gasteiger charge is -2.07. The Balaban J connectivity index is 2.23. The number of halogens is 2. The zero-order valence-corrected chi connectivity index (χ0v) is 13.5. The minimum Gasteiger partial charge on any atom is -0.319 e. The molecule has 5 heteroatoms. The van der Waals surface area contributed by atoms with E-state index >= 15 is 0 Å². The van der Waals surface area contributed by atoms with Gasteiger partial charge >= 0.3 is 0 Å². The van der Waals surface area contributed by atoms with Crippen LogP contribution in [0, 0.1) is 13.8 Å². The molecule has 0 bridgehead atoms. The van der Waals surface area contributed by atoms with Gasteiger partial charge in [-0.25, -0.2) is 0 Å². The van der Waals surface area contributed by atoms with Gasteiger partial charge in [0.1, 0.15) is 0 Å². The molecule has 1 heterocycles. The van der Waals surface area contributed by atoms with Crippen LogP contribution in [-0.4, -0.2) is 23.4 Å². The molecule has 0 atom stereocenters. The van der Waals surface area contributed by atoms with Crippen molar-refractivity contribution in [2.24, 2.45) is 0 Å². The first kappa shape index (κ1) is 15.4. The van der Waals surface area contributed by atoms with Crippen LogP contribution < -0.4 is 5.32 Å². The Hall–Kier alpha value is -1.03. The molecule has 0 saturated carbocycles. The summed E-state index contributed by atoms with van der Waals surface area (Å²) in [7, 11) is 1.96. The van der Waals surface area contributed by atoms with Crippen molar-refractivity contribution in [1.82, 2.24) is 15.1 Å². The third-order valence-electron chi connectivity index (χ3n) is 3.47. The smallest absolute Gasteiger partial charge is 0.0663 e. The Morgan fingerprint density at radius 2 is 1.95 bits per heavy atom. The maximum Gasteiger partial charge on any atom is 0.0663 e. The van der Waals surface area contributed by atoms with Crippen molar-refractivity contribution in [2.75, 3.05) is 13.6 Å². The van der Waals surface area contributed by atoms with Crippen molar-refractivity contribution in [1.29, 1.82) is 0 Å². The van der Waals surface area contributed by atoms with E-state index < -0.39 is 0 Å². The summed E-state index contributed by atoms with van der Waals surface area (Å²) in [5, 5.41) is 8.96. The first-order valence-corrected chi connectivity index (χ1v) is 7.40. The van der Waals surface area contributed by atoms with Gasteiger partial charge in [-0.1, -0.05) is 29.3 Å². The van der Waals surface area contributed by atoms with Crippen molar-refractivity contribution in [3.05, 3.63) is 50.8 Å². The van der Waals surface area contributed by atoms with Gasteiger partial charge in [0.2, 0.25) is 0 Å². The molecule has 0 spiro atoms. The van der Waals surface area contributed by atoms with Crippen LogP contribution >= 0.6 is 23.2 Å². The zero-order valence-electron chi connectivity index (χ0n) is 12.0.